The van der Waals surface area contributed by atoms with Crippen LogP contribution in [-0.2, 0) is 19.6 Å². The summed E-state index contributed by atoms with van der Waals surface area (Å²) in [5.41, 5.74) is 7.63. The number of hydrogen-bond donors (Lipinski definition) is 3. The molecule has 0 aromatic carbocycles. The van der Waals surface area contributed by atoms with Crippen LogP contribution in [0.3, 0.4) is 0 Å². The third-order valence-electron chi connectivity index (χ3n) is 4.25. The van der Waals surface area contributed by atoms with Gasteiger partial charge in [-0.2, -0.15) is 8.42 Å². The Kier molecular flexibility index (Phi) is 12.5. The Morgan fingerprint density at radius 1 is 1.19 bits per heavy atom. The van der Waals surface area contributed by atoms with Crippen LogP contribution >= 0.6 is 0 Å². The Bertz CT molecular complexity index is 728. The standard InChI is InChI=1S/C18H36N6O6S/c1-18(2,3)30-17(26)22-15(9-6-7-10-21-23-19)16(25)20-11-13-24(4,5)12-8-14-31(27,28)29/h15H,6-14H2,1-5H3,(H2-,20,22,25,26,27,28,29)/p+1/t15-/m0/s1. The fourth-order valence-corrected chi connectivity index (χ4v) is 3.18. The maximum Gasteiger partial charge on any atom is 0.408 e. The molecule has 0 fully saturated rings. The van der Waals surface area contributed by atoms with E-state index >= 15 is 0 Å². The van der Waals surface area contributed by atoms with Crippen molar-refractivity contribution in [2.75, 3.05) is 46.0 Å². The van der Waals surface area contributed by atoms with E-state index in [1.807, 2.05) is 14.1 Å². The molecule has 0 saturated carbocycles. The molecule has 0 saturated heterocycles. The minimum atomic E-state index is -3.99. The van der Waals surface area contributed by atoms with Gasteiger partial charge in [-0.3, -0.25) is 9.35 Å². The molecular weight excluding hydrogens is 428 g/mol. The number of likely N-dealkylation sites (N-methyl/N-ethyl adjacent to an activating group) is 1. The molecule has 0 spiro atoms. The third kappa shape index (κ3) is 17.3. The normalized spacial score (nSPS) is 13.1. The lowest BCUT2D eigenvalue weighted by molar-refractivity contribution is -0.889. The summed E-state index contributed by atoms with van der Waals surface area (Å²) >= 11 is 0. The van der Waals surface area contributed by atoms with Gasteiger partial charge < -0.3 is 19.9 Å². The van der Waals surface area contributed by atoms with Crippen molar-refractivity contribution >= 4 is 22.1 Å². The number of amides is 2. The fraction of sp³-hybridized carbons (Fsp3) is 0.889. The van der Waals surface area contributed by atoms with Crippen molar-refractivity contribution in [1.29, 1.82) is 0 Å². The van der Waals surface area contributed by atoms with Gasteiger partial charge in [0, 0.05) is 17.9 Å². The van der Waals surface area contributed by atoms with E-state index < -0.39 is 27.9 Å². The highest BCUT2D eigenvalue weighted by Crippen LogP contribution is 2.09. The predicted octanol–water partition coefficient (Wildman–Crippen LogP) is 1.83. The van der Waals surface area contributed by atoms with Crippen LogP contribution in [0.2, 0.25) is 0 Å². The van der Waals surface area contributed by atoms with Crippen LogP contribution in [0.4, 0.5) is 4.79 Å². The van der Waals surface area contributed by atoms with Gasteiger partial charge in [-0.05, 0) is 39.1 Å². The van der Waals surface area contributed by atoms with Crippen LogP contribution in [0.15, 0.2) is 5.11 Å². The van der Waals surface area contributed by atoms with E-state index in [9.17, 15) is 18.0 Å². The zero-order valence-corrected chi connectivity index (χ0v) is 19.9. The Balaban J connectivity index is 4.71. The summed E-state index contributed by atoms with van der Waals surface area (Å²) in [6, 6.07) is -0.795. The maximum absolute atomic E-state index is 12.6. The average Bonchev–Trinajstić information content (AvgIpc) is 2.57. The summed E-state index contributed by atoms with van der Waals surface area (Å²) in [5.74, 6) is -0.661. The van der Waals surface area contributed by atoms with Crippen molar-refractivity contribution in [3.63, 3.8) is 0 Å². The third-order valence-corrected chi connectivity index (χ3v) is 5.06. The molecule has 13 heteroatoms. The van der Waals surface area contributed by atoms with Crippen molar-refractivity contribution in [3.05, 3.63) is 10.4 Å². The second-order valence-corrected chi connectivity index (χ2v) is 10.5. The molecule has 0 rings (SSSR count). The first-order valence-electron chi connectivity index (χ1n) is 10.2. The molecule has 2 amide bonds. The molecule has 0 radical (unpaired) electrons. The molecule has 0 unspecified atom stereocenters. The average molecular weight is 466 g/mol. The molecule has 1 atom stereocenters. The summed E-state index contributed by atoms with van der Waals surface area (Å²) in [6.45, 7) is 6.86. The predicted molar refractivity (Wildman–Crippen MR) is 117 cm³/mol. The van der Waals surface area contributed by atoms with Crippen LogP contribution in [-0.4, -0.2) is 87.1 Å². The lowest BCUT2D eigenvalue weighted by atomic mass is 10.1. The van der Waals surface area contributed by atoms with Gasteiger partial charge in [0.1, 0.15) is 11.6 Å². The SMILES string of the molecule is CC(C)(C)OC(=O)N[C@@H](CCCCN=[N+]=[N-])C(=O)NCC[N+](C)(C)CCCS(=O)(=O)O. The Labute approximate surface area is 184 Å². The van der Waals surface area contributed by atoms with Crippen molar-refractivity contribution in [2.45, 2.75) is 58.1 Å². The number of azide groups is 1. The first-order valence-corrected chi connectivity index (χ1v) is 11.8. The second kappa shape index (κ2) is 13.4. The van der Waals surface area contributed by atoms with Crippen LogP contribution in [0.1, 0.15) is 46.5 Å². The lowest BCUT2D eigenvalue weighted by Gasteiger charge is -2.30. The van der Waals surface area contributed by atoms with Crippen LogP contribution in [0, 0.1) is 0 Å². The molecule has 3 N–H and O–H groups in total. The van der Waals surface area contributed by atoms with E-state index in [-0.39, 0.29) is 11.7 Å². The van der Waals surface area contributed by atoms with Crippen molar-refractivity contribution in [2.24, 2.45) is 5.11 Å². The Hall–Kier alpha value is -2.08. The molecule has 0 bridgehead atoms. The molecule has 0 aromatic heterocycles. The van der Waals surface area contributed by atoms with Gasteiger partial charge in [-0.25, -0.2) is 4.79 Å². The summed E-state index contributed by atoms with van der Waals surface area (Å²) in [7, 11) is -0.207. The minimum Gasteiger partial charge on any atom is -0.444 e. The molecule has 31 heavy (non-hydrogen) atoms. The summed E-state index contributed by atoms with van der Waals surface area (Å²) < 4.78 is 36.2. The highest BCUT2D eigenvalue weighted by atomic mass is 32.2. The maximum atomic E-state index is 12.6. The first kappa shape index (κ1) is 28.9. The van der Waals surface area contributed by atoms with E-state index in [2.05, 4.69) is 20.7 Å². The zero-order valence-electron chi connectivity index (χ0n) is 19.1. The van der Waals surface area contributed by atoms with Gasteiger partial charge in [0.2, 0.25) is 5.91 Å². The van der Waals surface area contributed by atoms with Crippen molar-refractivity contribution < 1.29 is 31.8 Å². The van der Waals surface area contributed by atoms with E-state index in [4.69, 9.17) is 14.8 Å². The number of nitrogens with one attached hydrogen (secondary N) is 2. The van der Waals surface area contributed by atoms with Gasteiger partial charge in [-0.1, -0.05) is 11.5 Å². The quantitative estimate of drug-likeness (QED) is 0.0882. The monoisotopic (exact) mass is 465 g/mol. The van der Waals surface area contributed by atoms with Crippen LogP contribution in [0.5, 0.6) is 0 Å². The molecule has 0 aromatic rings. The largest absolute Gasteiger partial charge is 0.444 e. The lowest BCUT2D eigenvalue weighted by Crippen LogP contribution is -2.51. The van der Waals surface area contributed by atoms with Gasteiger partial charge in [0.15, 0.2) is 0 Å². The number of nitrogens with zero attached hydrogens (tertiary/aromatic N) is 4. The highest BCUT2D eigenvalue weighted by molar-refractivity contribution is 7.85. The van der Waals surface area contributed by atoms with E-state index in [0.717, 1.165) is 0 Å². The molecule has 0 aliphatic heterocycles. The Morgan fingerprint density at radius 2 is 1.84 bits per heavy atom. The van der Waals surface area contributed by atoms with E-state index in [0.29, 0.717) is 56.3 Å². The van der Waals surface area contributed by atoms with Gasteiger partial charge in [0.25, 0.3) is 10.1 Å². The topological polar surface area (TPSA) is 171 Å². The number of rotatable bonds is 14. The number of hydrogen-bond acceptors (Lipinski definition) is 6. The minimum absolute atomic E-state index is 0.299. The number of ether oxygens (including phenoxy) is 1. The number of carbonyl (C=O) groups excluding carboxylic acids is 2. The number of quaternary nitrogens is 1. The highest BCUT2D eigenvalue weighted by Gasteiger charge is 2.25. The van der Waals surface area contributed by atoms with Crippen LogP contribution in [0.25, 0.3) is 10.4 Å². The smallest absolute Gasteiger partial charge is 0.408 e. The van der Waals surface area contributed by atoms with Crippen molar-refractivity contribution in [3.8, 4) is 0 Å². The summed E-state index contributed by atoms with van der Waals surface area (Å²) in [4.78, 5) is 27.4. The fourth-order valence-electron chi connectivity index (χ4n) is 2.69. The Morgan fingerprint density at radius 3 is 2.39 bits per heavy atom. The summed E-state index contributed by atoms with van der Waals surface area (Å²) in [5, 5.41) is 8.83. The molecule has 12 nitrogen and oxygen atoms in total. The van der Waals surface area contributed by atoms with E-state index in [1.165, 1.54) is 0 Å². The summed E-state index contributed by atoms with van der Waals surface area (Å²) in [6.07, 6.45) is 1.13. The molecular formula is C18H37N6O6S+. The van der Waals surface area contributed by atoms with E-state index in [1.54, 1.807) is 20.8 Å². The number of carbonyl (C=O) groups is 2. The number of unbranched alkanes of at least 4 members (excludes halogenated alkanes) is 1. The van der Waals surface area contributed by atoms with Crippen molar-refractivity contribution in [1.82, 2.24) is 10.6 Å². The molecule has 180 valence electrons. The molecule has 0 aliphatic carbocycles. The zero-order chi connectivity index (χ0) is 24.1. The second-order valence-electron chi connectivity index (χ2n) is 8.96. The van der Waals surface area contributed by atoms with Crippen LogP contribution < -0.4 is 10.6 Å². The van der Waals surface area contributed by atoms with Gasteiger partial charge in [-0.15, -0.1) is 0 Å². The molecule has 0 heterocycles. The van der Waals surface area contributed by atoms with Gasteiger partial charge in [0.05, 0.1) is 39.5 Å². The number of alkyl carbamates (subject to hydrolysis) is 1. The first-order chi connectivity index (χ1) is 14.2. The molecule has 0 aliphatic rings. The van der Waals surface area contributed by atoms with Gasteiger partial charge >= 0.3 is 6.09 Å².